The van der Waals surface area contributed by atoms with E-state index >= 15 is 0 Å². The maximum absolute atomic E-state index is 12.4. The van der Waals surface area contributed by atoms with Crippen LogP contribution in [0.2, 0.25) is 0 Å². The quantitative estimate of drug-likeness (QED) is 0.411. The van der Waals surface area contributed by atoms with Gasteiger partial charge in [-0.1, -0.05) is 0 Å². The molecule has 3 aromatic rings. The molecule has 0 radical (unpaired) electrons. The first-order chi connectivity index (χ1) is 13.4. The number of benzene rings is 2. The molecule has 28 heavy (non-hydrogen) atoms. The number of nitro groups is 1. The Bertz CT molecular complexity index is 1130. The number of non-ortho nitro benzene ring substituents is 1. The molecule has 3 rings (SSSR count). The second kappa shape index (κ2) is 7.70. The Hall–Kier alpha value is -4.01. The van der Waals surface area contributed by atoms with Gasteiger partial charge in [-0.15, -0.1) is 0 Å². The highest BCUT2D eigenvalue weighted by atomic mass is 16.6. The Morgan fingerprint density at radius 2 is 1.82 bits per heavy atom. The number of ether oxygens (including phenoxy) is 1. The van der Waals surface area contributed by atoms with Gasteiger partial charge in [0.25, 0.3) is 11.2 Å². The lowest BCUT2D eigenvalue weighted by molar-refractivity contribution is -0.384. The predicted octanol–water partition coefficient (Wildman–Crippen LogP) is 2.33. The number of fused-ring (bicyclic) bond motifs is 1. The molecule has 0 aliphatic rings. The third-order valence-corrected chi connectivity index (χ3v) is 4.08. The Balaban J connectivity index is 1.82. The van der Waals surface area contributed by atoms with Gasteiger partial charge < -0.3 is 10.1 Å². The zero-order valence-corrected chi connectivity index (χ0v) is 14.7. The highest BCUT2D eigenvalue weighted by molar-refractivity contribution is 5.93. The molecule has 0 aliphatic carbocycles. The normalized spacial score (nSPS) is 10.5. The van der Waals surface area contributed by atoms with Crippen molar-refractivity contribution in [1.82, 2.24) is 4.57 Å². The molecule has 0 spiro atoms. The van der Waals surface area contributed by atoms with E-state index < -0.39 is 22.4 Å². The lowest BCUT2D eigenvalue weighted by Crippen LogP contribution is -2.27. The molecule has 0 unspecified atom stereocenters. The van der Waals surface area contributed by atoms with Crippen LogP contribution in [-0.2, 0) is 16.1 Å². The Morgan fingerprint density at radius 3 is 2.46 bits per heavy atom. The van der Waals surface area contributed by atoms with Gasteiger partial charge in [-0.05, 0) is 36.4 Å². The fourth-order valence-electron chi connectivity index (χ4n) is 2.72. The molecule has 9 heteroatoms. The third-order valence-electron chi connectivity index (χ3n) is 4.08. The first kappa shape index (κ1) is 18.8. The van der Waals surface area contributed by atoms with Gasteiger partial charge in [-0.2, -0.15) is 0 Å². The maximum Gasteiger partial charge on any atom is 0.337 e. The minimum atomic E-state index is -0.528. The highest BCUT2D eigenvalue weighted by Crippen LogP contribution is 2.19. The lowest BCUT2D eigenvalue weighted by Gasteiger charge is -2.11. The van der Waals surface area contributed by atoms with Crippen LogP contribution in [0.15, 0.2) is 59.4 Å². The van der Waals surface area contributed by atoms with E-state index in [1.165, 1.54) is 54.1 Å². The van der Waals surface area contributed by atoms with E-state index in [4.69, 9.17) is 0 Å². The molecule has 1 N–H and O–H groups in total. The summed E-state index contributed by atoms with van der Waals surface area (Å²) < 4.78 is 5.84. The zero-order chi connectivity index (χ0) is 20.3. The minimum absolute atomic E-state index is 0.104. The van der Waals surface area contributed by atoms with Gasteiger partial charge in [-0.25, -0.2) is 4.79 Å². The summed E-state index contributed by atoms with van der Waals surface area (Å²) in [6.07, 6.45) is 0. The molecule has 2 aromatic carbocycles. The largest absolute Gasteiger partial charge is 0.465 e. The summed E-state index contributed by atoms with van der Waals surface area (Å²) in [5, 5.41) is 14.0. The fourth-order valence-corrected chi connectivity index (χ4v) is 2.72. The van der Waals surface area contributed by atoms with Crippen molar-refractivity contribution in [3.63, 3.8) is 0 Å². The molecule has 1 aromatic heterocycles. The van der Waals surface area contributed by atoms with Crippen molar-refractivity contribution in [2.24, 2.45) is 0 Å². The van der Waals surface area contributed by atoms with Gasteiger partial charge in [0, 0.05) is 29.3 Å². The van der Waals surface area contributed by atoms with Crippen molar-refractivity contribution in [3.05, 3.63) is 80.6 Å². The van der Waals surface area contributed by atoms with Crippen molar-refractivity contribution in [1.29, 1.82) is 0 Å². The van der Waals surface area contributed by atoms with Gasteiger partial charge in [0.2, 0.25) is 5.91 Å². The number of esters is 1. The number of anilines is 1. The SMILES string of the molecule is COC(=O)c1ccc(NC(=O)Cn2c(=O)ccc3cc([N+](=O)[O-])ccc32)cc1. The minimum Gasteiger partial charge on any atom is -0.465 e. The maximum atomic E-state index is 12.4. The monoisotopic (exact) mass is 381 g/mol. The molecular weight excluding hydrogens is 366 g/mol. The first-order valence-electron chi connectivity index (χ1n) is 8.15. The zero-order valence-electron chi connectivity index (χ0n) is 14.7. The van der Waals surface area contributed by atoms with Gasteiger partial charge in [0.05, 0.1) is 23.1 Å². The van der Waals surface area contributed by atoms with E-state index in [1.807, 2.05) is 0 Å². The van der Waals surface area contributed by atoms with E-state index in [0.29, 0.717) is 22.2 Å². The number of carbonyl (C=O) groups is 2. The van der Waals surface area contributed by atoms with Crippen LogP contribution in [-0.4, -0.2) is 28.5 Å². The number of hydrogen-bond acceptors (Lipinski definition) is 6. The Morgan fingerprint density at radius 1 is 1.11 bits per heavy atom. The molecule has 0 saturated heterocycles. The van der Waals surface area contributed by atoms with E-state index in [2.05, 4.69) is 10.1 Å². The number of carbonyl (C=O) groups excluding carboxylic acids is 2. The summed E-state index contributed by atoms with van der Waals surface area (Å²) in [4.78, 5) is 46.4. The number of methoxy groups -OCH3 is 1. The van der Waals surface area contributed by atoms with Crippen molar-refractivity contribution >= 4 is 34.2 Å². The molecule has 1 amide bonds. The van der Waals surface area contributed by atoms with E-state index in [9.17, 15) is 24.5 Å². The first-order valence-corrected chi connectivity index (χ1v) is 8.15. The molecular formula is C19H15N3O6. The number of pyridine rings is 1. The van der Waals surface area contributed by atoms with E-state index in [-0.39, 0.29) is 12.2 Å². The van der Waals surface area contributed by atoms with Crippen LogP contribution in [0.1, 0.15) is 10.4 Å². The van der Waals surface area contributed by atoms with Gasteiger partial charge in [-0.3, -0.25) is 24.3 Å². The van der Waals surface area contributed by atoms with Crippen LogP contribution in [0.3, 0.4) is 0 Å². The topological polar surface area (TPSA) is 121 Å². The molecule has 0 fully saturated rings. The van der Waals surface area contributed by atoms with Gasteiger partial charge >= 0.3 is 5.97 Å². The average molecular weight is 381 g/mol. The fraction of sp³-hybridized carbons (Fsp3) is 0.105. The van der Waals surface area contributed by atoms with Crippen LogP contribution in [0.4, 0.5) is 11.4 Å². The number of amides is 1. The number of nitrogens with zero attached hydrogens (tertiary/aromatic N) is 2. The standard InChI is InChI=1S/C19H15N3O6/c1-28-19(25)12-2-5-14(6-3-12)20-17(23)11-21-16-8-7-15(22(26)27)10-13(16)4-9-18(21)24/h2-10H,11H2,1H3,(H,20,23). The van der Waals surface area contributed by atoms with Crippen molar-refractivity contribution in [2.45, 2.75) is 6.54 Å². The Kier molecular flexibility index (Phi) is 5.16. The molecule has 0 aliphatic heterocycles. The van der Waals surface area contributed by atoms with Crippen LogP contribution < -0.4 is 10.9 Å². The second-order valence-corrected chi connectivity index (χ2v) is 5.88. The van der Waals surface area contributed by atoms with Crippen LogP contribution in [0, 0.1) is 10.1 Å². The number of nitrogens with one attached hydrogen (secondary N) is 1. The highest BCUT2D eigenvalue weighted by Gasteiger charge is 2.12. The summed E-state index contributed by atoms with van der Waals surface area (Å²) >= 11 is 0. The molecule has 0 atom stereocenters. The van der Waals surface area contributed by atoms with Gasteiger partial charge in [0.15, 0.2) is 0 Å². The lowest BCUT2D eigenvalue weighted by atomic mass is 10.2. The van der Waals surface area contributed by atoms with Gasteiger partial charge in [0.1, 0.15) is 6.54 Å². The third kappa shape index (κ3) is 3.88. The van der Waals surface area contributed by atoms with E-state index in [0.717, 1.165) is 0 Å². The average Bonchev–Trinajstić information content (AvgIpc) is 2.69. The molecule has 1 heterocycles. The second-order valence-electron chi connectivity index (χ2n) is 5.88. The molecule has 142 valence electrons. The number of aromatic nitrogens is 1. The van der Waals surface area contributed by atoms with Crippen molar-refractivity contribution < 1.29 is 19.2 Å². The predicted molar refractivity (Wildman–Crippen MR) is 101 cm³/mol. The summed E-state index contributed by atoms with van der Waals surface area (Å²) in [6, 6.07) is 12.9. The van der Waals surface area contributed by atoms with Crippen LogP contribution in [0.25, 0.3) is 10.9 Å². The van der Waals surface area contributed by atoms with Crippen molar-refractivity contribution in [2.75, 3.05) is 12.4 Å². The summed E-state index contributed by atoms with van der Waals surface area (Å²) in [7, 11) is 1.27. The molecule has 9 nitrogen and oxygen atoms in total. The van der Waals surface area contributed by atoms with Crippen LogP contribution >= 0.6 is 0 Å². The van der Waals surface area contributed by atoms with Crippen LogP contribution in [0.5, 0.6) is 0 Å². The Labute approximate surface area is 158 Å². The summed E-state index contributed by atoms with van der Waals surface area (Å²) in [5.41, 5.74) is 0.689. The number of nitro benzene ring substituents is 1. The number of hydrogen-bond donors (Lipinski definition) is 1. The van der Waals surface area contributed by atoms with Crippen molar-refractivity contribution in [3.8, 4) is 0 Å². The number of rotatable bonds is 5. The molecule has 0 bridgehead atoms. The summed E-state index contributed by atoms with van der Waals surface area (Å²) in [5.74, 6) is -0.951. The summed E-state index contributed by atoms with van der Waals surface area (Å²) in [6.45, 7) is -0.271. The molecule has 0 saturated carbocycles. The van der Waals surface area contributed by atoms with E-state index in [1.54, 1.807) is 12.1 Å². The smallest absolute Gasteiger partial charge is 0.337 e.